The van der Waals surface area contributed by atoms with Crippen molar-refractivity contribution in [2.75, 3.05) is 46.9 Å². The molecule has 188 valence electrons. The third-order valence-corrected chi connectivity index (χ3v) is 6.47. The van der Waals surface area contributed by atoms with Crippen LogP contribution in [0.3, 0.4) is 0 Å². The largest absolute Gasteiger partial charge is 0.493 e. The van der Waals surface area contributed by atoms with E-state index in [0.717, 1.165) is 31.7 Å². The Morgan fingerprint density at radius 3 is 2.08 bits per heavy atom. The van der Waals surface area contributed by atoms with Crippen molar-refractivity contribution < 1.29 is 14.3 Å². The summed E-state index contributed by atoms with van der Waals surface area (Å²) < 4.78 is 10.5. The van der Waals surface area contributed by atoms with E-state index in [0.29, 0.717) is 24.5 Å². The third-order valence-electron chi connectivity index (χ3n) is 6.47. The smallest absolute Gasteiger partial charge is 0.241 e. The van der Waals surface area contributed by atoms with Crippen molar-refractivity contribution >= 4 is 12.1 Å². The molecule has 0 spiro atoms. The average molecular weight is 487 g/mol. The standard InChI is InChI=1S/C29H34N4O3/c1-35-26-14-13-23(21-27(26)36-2)22-30-31-28(34)15-16-32-17-19-33(20-18-32)29(24-9-5-3-6-10-24)25-11-7-4-8-12-25/h3-14,21-22,29H,15-20H2,1-2H3,(H,31,34). The molecular weight excluding hydrogens is 452 g/mol. The van der Waals surface area contributed by atoms with E-state index in [9.17, 15) is 4.79 Å². The number of methoxy groups -OCH3 is 2. The zero-order chi connectivity index (χ0) is 25.2. The highest BCUT2D eigenvalue weighted by molar-refractivity contribution is 5.83. The lowest BCUT2D eigenvalue weighted by molar-refractivity contribution is -0.121. The van der Waals surface area contributed by atoms with Gasteiger partial charge in [-0.15, -0.1) is 0 Å². The zero-order valence-electron chi connectivity index (χ0n) is 21.0. The van der Waals surface area contributed by atoms with Crippen LogP contribution in [0.2, 0.25) is 0 Å². The van der Waals surface area contributed by atoms with Crippen molar-refractivity contribution in [2.45, 2.75) is 12.5 Å². The van der Waals surface area contributed by atoms with Gasteiger partial charge in [-0.1, -0.05) is 60.7 Å². The molecule has 0 unspecified atom stereocenters. The second kappa shape index (κ2) is 12.9. The fraction of sp³-hybridized carbons (Fsp3) is 0.310. The van der Waals surface area contributed by atoms with Crippen LogP contribution in [-0.2, 0) is 4.79 Å². The first-order valence-corrected chi connectivity index (χ1v) is 12.3. The van der Waals surface area contributed by atoms with E-state index < -0.39 is 0 Å². The van der Waals surface area contributed by atoms with E-state index in [2.05, 4.69) is 81.0 Å². The summed E-state index contributed by atoms with van der Waals surface area (Å²) in [6.07, 6.45) is 2.01. The predicted octanol–water partition coefficient (Wildman–Crippen LogP) is 3.95. The minimum Gasteiger partial charge on any atom is -0.493 e. The van der Waals surface area contributed by atoms with Crippen molar-refractivity contribution in [1.29, 1.82) is 0 Å². The maximum atomic E-state index is 12.3. The molecule has 1 N–H and O–H groups in total. The van der Waals surface area contributed by atoms with E-state index in [-0.39, 0.29) is 11.9 Å². The summed E-state index contributed by atoms with van der Waals surface area (Å²) in [5.74, 6) is 1.17. The minimum absolute atomic E-state index is 0.0967. The Hall–Kier alpha value is -3.68. The van der Waals surface area contributed by atoms with Crippen molar-refractivity contribution in [3.05, 3.63) is 95.6 Å². The van der Waals surface area contributed by atoms with Crippen LogP contribution >= 0.6 is 0 Å². The SMILES string of the molecule is COc1ccc(C=NNC(=O)CCN2CCN(C(c3ccccc3)c3ccccc3)CC2)cc1OC. The number of nitrogens with one attached hydrogen (secondary N) is 1. The molecule has 0 atom stereocenters. The molecule has 1 heterocycles. The first-order chi connectivity index (χ1) is 17.7. The van der Waals surface area contributed by atoms with Gasteiger partial charge in [-0.3, -0.25) is 9.69 Å². The van der Waals surface area contributed by atoms with Gasteiger partial charge >= 0.3 is 0 Å². The lowest BCUT2D eigenvalue weighted by Gasteiger charge is -2.39. The Morgan fingerprint density at radius 2 is 1.50 bits per heavy atom. The Labute approximate surface area is 213 Å². The maximum Gasteiger partial charge on any atom is 0.241 e. The highest BCUT2D eigenvalue weighted by atomic mass is 16.5. The average Bonchev–Trinajstić information content (AvgIpc) is 2.94. The summed E-state index contributed by atoms with van der Waals surface area (Å²) >= 11 is 0. The highest BCUT2D eigenvalue weighted by Crippen LogP contribution is 2.29. The summed E-state index contributed by atoms with van der Waals surface area (Å²) in [4.78, 5) is 17.2. The molecule has 0 aliphatic carbocycles. The first-order valence-electron chi connectivity index (χ1n) is 12.3. The Kier molecular flexibility index (Phi) is 9.08. The number of amides is 1. The summed E-state index contributed by atoms with van der Waals surface area (Å²) in [6.45, 7) is 4.48. The molecule has 1 aliphatic heterocycles. The molecule has 0 saturated carbocycles. The number of piperazine rings is 1. The second-order valence-corrected chi connectivity index (χ2v) is 8.76. The molecule has 1 aliphatic rings. The number of carbonyl (C=O) groups is 1. The van der Waals surface area contributed by atoms with E-state index in [1.54, 1.807) is 20.4 Å². The van der Waals surface area contributed by atoms with Crippen LogP contribution in [-0.4, -0.2) is 68.9 Å². The first kappa shape index (κ1) is 25.4. The van der Waals surface area contributed by atoms with Crippen LogP contribution in [0, 0.1) is 0 Å². The molecular formula is C29H34N4O3. The summed E-state index contributed by atoms with van der Waals surface area (Å²) in [6, 6.07) is 27.1. The number of ether oxygens (including phenoxy) is 2. The Morgan fingerprint density at radius 1 is 0.889 bits per heavy atom. The summed E-state index contributed by atoms with van der Waals surface area (Å²) in [5.41, 5.74) is 6.06. The second-order valence-electron chi connectivity index (χ2n) is 8.76. The van der Waals surface area contributed by atoms with Crippen LogP contribution in [0.5, 0.6) is 11.5 Å². The van der Waals surface area contributed by atoms with Gasteiger partial charge < -0.3 is 14.4 Å². The van der Waals surface area contributed by atoms with E-state index in [4.69, 9.17) is 9.47 Å². The zero-order valence-corrected chi connectivity index (χ0v) is 21.0. The lowest BCUT2D eigenvalue weighted by atomic mass is 9.96. The van der Waals surface area contributed by atoms with Crippen LogP contribution in [0.4, 0.5) is 0 Å². The molecule has 36 heavy (non-hydrogen) atoms. The number of benzene rings is 3. The number of carbonyl (C=O) groups excluding carboxylic acids is 1. The number of nitrogens with zero attached hydrogens (tertiary/aromatic N) is 3. The molecule has 3 aromatic rings. The monoisotopic (exact) mass is 486 g/mol. The molecule has 7 heteroatoms. The normalized spacial score (nSPS) is 14.8. The van der Waals surface area contributed by atoms with Crippen molar-refractivity contribution in [2.24, 2.45) is 5.10 Å². The van der Waals surface area contributed by atoms with Gasteiger partial charge in [-0.25, -0.2) is 5.43 Å². The number of rotatable bonds is 10. The number of hydrazone groups is 1. The van der Waals surface area contributed by atoms with Crippen LogP contribution in [0.25, 0.3) is 0 Å². The van der Waals surface area contributed by atoms with E-state index in [1.807, 2.05) is 18.2 Å². The van der Waals surface area contributed by atoms with Gasteiger partial charge in [-0.05, 0) is 34.9 Å². The highest BCUT2D eigenvalue weighted by Gasteiger charge is 2.26. The molecule has 1 fully saturated rings. The fourth-order valence-electron chi connectivity index (χ4n) is 4.56. The van der Waals surface area contributed by atoms with Crippen molar-refractivity contribution in [1.82, 2.24) is 15.2 Å². The van der Waals surface area contributed by atoms with Gasteiger partial charge in [0.25, 0.3) is 0 Å². The van der Waals surface area contributed by atoms with Crippen LogP contribution in [0.15, 0.2) is 84.0 Å². The van der Waals surface area contributed by atoms with Gasteiger partial charge in [0.1, 0.15) is 0 Å². The molecule has 1 amide bonds. The Balaban J connectivity index is 1.26. The van der Waals surface area contributed by atoms with Gasteiger partial charge in [0.15, 0.2) is 11.5 Å². The summed E-state index contributed by atoms with van der Waals surface area (Å²) in [7, 11) is 3.18. The quantitative estimate of drug-likeness (QED) is 0.347. The fourth-order valence-corrected chi connectivity index (χ4v) is 4.56. The van der Waals surface area contributed by atoms with Gasteiger partial charge in [0, 0.05) is 39.1 Å². The maximum absolute atomic E-state index is 12.3. The van der Waals surface area contributed by atoms with Gasteiger partial charge in [-0.2, -0.15) is 5.10 Å². The van der Waals surface area contributed by atoms with E-state index >= 15 is 0 Å². The molecule has 0 radical (unpaired) electrons. The predicted molar refractivity (Wildman–Crippen MR) is 143 cm³/mol. The van der Waals surface area contributed by atoms with Crippen LogP contribution < -0.4 is 14.9 Å². The van der Waals surface area contributed by atoms with Gasteiger partial charge in [0.05, 0.1) is 26.5 Å². The molecule has 4 rings (SSSR count). The van der Waals surface area contributed by atoms with Crippen LogP contribution in [0.1, 0.15) is 29.2 Å². The van der Waals surface area contributed by atoms with Crippen molar-refractivity contribution in [3.63, 3.8) is 0 Å². The third kappa shape index (κ3) is 6.71. The molecule has 0 bridgehead atoms. The Bertz CT molecular complexity index is 1090. The van der Waals surface area contributed by atoms with E-state index in [1.165, 1.54) is 11.1 Å². The number of hydrogen-bond acceptors (Lipinski definition) is 6. The molecule has 7 nitrogen and oxygen atoms in total. The van der Waals surface area contributed by atoms with Crippen molar-refractivity contribution in [3.8, 4) is 11.5 Å². The lowest BCUT2D eigenvalue weighted by Crippen LogP contribution is -2.48. The molecule has 1 saturated heterocycles. The van der Waals surface area contributed by atoms with Gasteiger partial charge in [0.2, 0.25) is 5.91 Å². The topological polar surface area (TPSA) is 66.4 Å². The minimum atomic E-state index is -0.0967. The molecule has 3 aromatic carbocycles. The molecule has 0 aromatic heterocycles. The summed E-state index contributed by atoms with van der Waals surface area (Å²) in [5, 5.41) is 4.09. The number of hydrogen-bond donors (Lipinski definition) is 1.